The zero-order valence-corrected chi connectivity index (χ0v) is 13.1. The van der Waals surface area contributed by atoms with Gasteiger partial charge < -0.3 is 15.6 Å². The molecule has 6 nitrogen and oxygen atoms in total. The molecular weight excluding hydrogens is 332 g/mol. The first kappa shape index (κ1) is 29.1. The summed E-state index contributed by atoms with van der Waals surface area (Å²) >= 11 is 0. The number of ether oxygens (including phenoxy) is 1. The molecule has 0 radical (unpaired) electrons. The number of carboxylic acids is 1. The number of esters is 2. The standard InChI is InChI=1S/C16H27NO5.2Na.2H/c1-2-3-4-5-6-7-8-9-10-15(20)22-16(21)13(17)11-12-14(18)19;;;;/h2,13H,1,3-12,17H2,(H,18,19);;;;. The number of nitrogens with two attached hydrogens (primary N) is 1. The van der Waals surface area contributed by atoms with Gasteiger partial charge in [0.05, 0.1) is 0 Å². The van der Waals surface area contributed by atoms with Gasteiger partial charge in [-0.3, -0.25) is 9.59 Å². The number of unbranched alkanes of at least 4 members (excludes halogenated alkanes) is 6. The maximum absolute atomic E-state index is 11.4. The van der Waals surface area contributed by atoms with Crippen LogP contribution in [0.5, 0.6) is 0 Å². The number of hydrogen-bond acceptors (Lipinski definition) is 5. The van der Waals surface area contributed by atoms with Crippen molar-refractivity contribution >= 4 is 77.0 Å². The third-order valence-electron chi connectivity index (χ3n) is 3.23. The van der Waals surface area contributed by atoms with E-state index in [1.807, 2.05) is 6.08 Å². The summed E-state index contributed by atoms with van der Waals surface area (Å²) in [5.74, 6) is -2.49. The Bertz CT molecular complexity index is 377. The zero-order chi connectivity index (χ0) is 16.8. The second-order valence-corrected chi connectivity index (χ2v) is 5.28. The van der Waals surface area contributed by atoms with Crippen molar-refractivity contribution in [1.29, 1.82) is 0 Å². The first-order valence-electron chi connectivity index (χ1n) is 7.80. The molecule has 3 N–H and O–H groups in total. The van der Waals surface area contributed by atoms with Crippen LogP contribution >= 0.6 is 0 Å². The predicted molar refractivity (Wildman–Crippen MR) is 97.4 cm³/mol. The third kappa shape index (κ3) is 18.6. The number of rotatable bonds is 13. The van der Waals surface area contributed by atoms with Gasteiger partial charge in [0.2, 0.25) is 0 Å². The first-order chi connectivity index (χ1) is 10.5. The predicted octanol–water partition coefficient (Wildman–Crippen LogP) is 1.26. The monoisotopic (exact) mass is 361 g/mol. The van der Waals surface area contributed by atoms with Crippen molar-refractivity contribution in [3.8, 4) is 0 Å². The summed E-state index contributed by atoms with van der Waals surface area (Å²) < 4.78 is 4.60. The molecular formula is C16H29NNa2O5. The molecule has 0 fully saturated rings. The Morgan fingerprint density at radius 3 is 2.08 bits per heavy atom. The van der Waals surface area contributed by atoms with Gasteiger partial charge >= 0.3 is 77.0 Å². The van der Waals surface area contributed by atoms with Gasteiger partial charge in [0.1, 0.15) is 6.04 Å². The van der Waals surface area contributed by atoms with Crippen LogP contribution in [0.1, 0.15) is 64.2 Å². The molecule has 24 heavy (non-hydrogen) atoms. The van der Waals surface area contributed by atoms with Crippen molar-refractivity contribution in [1.82, 2.24) is 0 Å². The van der Waals surface area contributed by atoms with Gasteiger partial charge in [0.15, 0.2) is 0 Å². The van der Waals surface area contributed by atoms with Gasteiger partial charge in [-0.05, 0) is 25.7 Å². The minimum absolute atomic E-state index is 0. The molecule has 0 amide bonds. The molecule has 0 spiro atoms. The van der Waals surface area contributed by atoms with Crippen LogP contribution < -0.4 is 5.73 Å². The molecule has 0 saturated heterocycles. The van der Waals surface area contributed by atoms with E-state index in [1.165, 1.54) is 0 Å². The van der Waals surface area contributed by atoms with Crippen molar-refractivity contribution in [2.75, 3.05) is 0 Å². The third-order valence-corrected chi connectivity index (χ3v) is 3.23. The van der Waals surface area contributed by atoms with Gasteiger partial charge in [-0.2, -0.15) is 0 Å². The molecule has 0 aliphatic rings. The van der Waals surface area contributed by atoms with E-state index in [1.54, 1.807) is 0 Å². The Labute approximate surface area is 188 Å². The average Bonchev–Trinajstić information content (AvgIpc) is 2.47. The maximum atomic E-state index is 11.4. The van der Waals surface area contributed by atoms with Crippen LogP contribution in [0.2, 0.25) is 0 Å². The summed E-state index contributed by atoms with van der Waals surface area (Å²) in [6.45, 7) is 3.67. The molecule has 0 aromatic carbocycles. The van der Waals surface area contributed by atoms with Gasteiger partial charge in [0.25, 0.3) is 0 Å². The molecule has 8 heteroatoms. The molecule has 0 rings (SSSR count). The van der Waals surface area contributed by atoms with Crippen LogP contribution in [0, 0.1) is 0 Å². The average molecular weight is 361 g/mol. The van der Waals surface area contributed by atoms with E-state index < -0.39 is 23.9 Å². The van der Waals surface area contributed by atoms with E-state index in [4.69, 9.17) is 10.8 Å². The molecule has 0 saturated carbocycles. The molecule has 0 aliphatic heterocycles. The van der Waals surface area contributed by atoms with Crippen molar-refractivity contribution < 1.29 is 24.2 Å². The topological polar surface area (TPSA) is 107 Å². The van der Waals surface area contributed by atoms with Gasteiger partial charge in [-0.1, -0.05) is 31.8 Å². The van der Waals surface area contributed by atoms with Crippen molar-refractivity contribution in [3.63, 3.8) is 0 Å². The molecule has 1 unspecified atom stereocenters. The number of carbonyl (C=O) groups is 3. The zero-order valence-electron chi connectivity index (χ0n) is 13.1. The van der Waals surface area contributed by atoms with Gasteiger partial charge in [-0.15, -0.1) is 6.58 Å². The summed E-state index contributed by atoms with van der Waals surface area (Å²) in [5, 5.41) is 8.48. The van der Waals surface area contributed by atoms with Gasteiger partial charge in [0, 0.05) is 12.8 Å². The Balaban J connectivity index is -0.00000220. The summed E-state index contributed by atoms with van der Waals surface area (Å²) in [7, 11) is 0. The second kappa shape index (κ2) is 19.6. The SMILES string of the molecule is C=CCCCCCCCCC(=O)OC(=O)C(N)CCC(=O)O.[NaH].[NaH]. The Morgan fingerprint density at radius 1 is 1.00 bits per heavy atom. The first-order valence-corrected chi connectivity index (χ1v) is 7.80. The number of hydrogen-bond donors (Lipinski definition) is 2. The summed E-state index contributed by atoms with van der Waals surface area (Å²) in [4.78, 5) is 33.2. The van der Waals surface area contributed by atoms with E-state index >= 15 is 0 Å². The molecule has 1 atom stereocenters. The molecule has 0 aromatic heterocycles. The van der Waals surface area contributed by atoms with Crippen LogP contribution in [0.4, 0.5) is 0 Å². The van der Waals surface area contributed by atoms with Crippen molar-refractivity contribution in [3.05, 3.63) is 12.7 Å². The van der Waals surface area contributed by atoms with E-state index in [0.717, 1.165) is 38.5 Å². The number of allylic oxidation sites excluding steroid dienone is 1. The minimum atomic E-state index is -1.06. The Kier molecular flexibility index (Phi) is 23.8. The fraction of sp³-hybridized carbons (Fsp3) is 0.688. The molecule has 0 bridgehead atoms. The second-order valence-electron chi connectivity index (χ2n) is 5.28. The van der Waals surface area contributed by atoms with Gasteiger partial charge in [-0.25, -0.2) is 4.79 Å². The molecule has 130 valence electrons. The van der Waals surface area contributed by atoms with Crippen LogP contribution in [0.25, 0.3) is 0 Å². The number of carboxylic acid groups (broad SMARTS) is 1. The van der Waals surface area contributed by atoms with E-state index in [-0.39, 0.29) is 78.4 Å². The fourth-order valence-electron chi connectivity index (χ4n) is 1.90. The fourth-order valence-corrected chi connectivity index (χ4v) is 1.90. The quantitative estimate of drug-likeness (QED) is 0.168. The molecule has 0 aliphatic carbocycles. The van der Waals surface area contributed by atoms with Crippen LogP contribution in [0.15, 0.2) is 12.7 Å². The Hall–Kier alpha value is 0.310. The molecule has 0 aromatic rings. The van der Waals surface area contributed by atoms with E-state index in [0.29, 0.717) is 6.42 Å². The van der Waals surface area contributed by atoms with Crippen molar-refractivity contribution in [2.45, 2.75) is 70.3 Å². The summed E-state index contributed by atoms with van der Waals surface area (Å²) in [5.41, 5.74) is 5.45. The number of carbonyl (C=O) groups excluding carboxylic acids is 2. The Morgan fingerprint density at radius 2 is 1.54 bits per heavy atom. The summed E-state index contributed by atoms with van der Waals surface area (Å²) in [6.07, 6.45) is 8.96. The molecule has 0 heterocycles. The summed E-state index contributed by atoms with van der Waals surface area (Å²) in [6, 6.07) is -1.06. The normalized spacial score (nSPS) is 10.7. The van der Waals surface area contributed by atoms with Crippen LogP contribution in [0.3, 0.4) is 0 Å². The van der Waals surface area contributed by atoms with Crippen molar-refractivity contribution in [2.24, 2.45) is 5.73 Å². The van der Waals surface area contributed by atoms with Crippen LogP contribution in [-0.2, 0) is 19.1 Å². The number of aliphatic carboxylic acids is 1. The van der Waals surface area contributed by atoms with E-state index in [2.05, 4.69) is 11.3 Å². The van der Waals surface area contributed by atoms with Crippen LogP contribution in [-0.4, -0.2) is 88.2 Å². The van der Waals surface area contributed by atoms with E-state index in [9.17, 15) is 14.4 Å².